The lowest BCUT2D eigenvalue weighted by atomic mass is 10.1. The van der Waals surface area contributed by atoms with E-state index in [0.717, 1.165) is 30.9 Å². The minimum Gasteiger partial charge on any atom is -0.492 e. The van der Waals surface area contributed by atoms with Gasteiger partial charge in [-0.15, -0.1) is 0 Å². The highest BCUT2D eigenvalue weighted by Crippen LogP contribution is 2.14. The first-order valence-corrected chi connectivity index (χ1v) is 7.73. The summed E-state index contributed by atoms with van der Waals surface area (Å²) >= 11 is 0. The van der Waals surface area contributed by atoms with Crippen molar-refractivity contribution in [1.82, 2.24) is 4.90 Å². The van der Waals surface area contributed by atoms with Gasteiger partial charge < -0.3 is 14.2 Å². The fourth-order valence-electron chi connectivity index (χ4n) is 2.70. The van der Waals surface area contributed by atoms with Crippen LogP contribution in [0.25, 0.3) is 0 Å². The molecule has 0 spiro atoms. The molecule has 0 N–H and O–H groups in total. The molecule has 1 aliphatic rings. The summed E-state index contributed by atoms with van der Waals surface area (Å²) in [6, 6.07) is 7.57. The maximum absolute atomic E-state index is 11.2. The highest BCUT2D eigenvalue weighted by molar-refractivity contribution is 5.72. The zero-order valence-electron chi connectivity index (χ0n) is 13.6. The summed E-state index contributed by atoms with van der Waals surface area (Å²) in [5.74, 6) is 0.590. The third-order valence-corrected chi connectivity index (χ3v) is 3.67. The Morgan fingerprint density at radius 3 is 2.45 bits per heavy atom. The van der Waals surface area contributed by atoms with E-state index < -0.39 is 0 Å². The van der Waals surface area contributed by atoms with Crippen molar-refractivity contribution in [3.63, 3.8) is 0 Å². The van der Waals surface area contributed by atoms with E-state index >= 15 is 0 Å². The number of hydrogen-bond acceptors (Lipinski definition) is 5. The lowest BCUT2D eigenvalue weighted by Gasteiger charge is -2.35. The summed E-state index contributed by atoms with van der Waals surface area (Å²) in [7, 11) is 1.40. The van der Waals surface area contributed by atoms with Gasteiger partial charge in [0.2, 0.25) is 0 Å². The Morgan fingerprint density at radius 1 is 1.23 bits per heavy atom. The predicted octanol–water partition coefficient (Wildman–Crippen LogP) is 1.89. The van der Waals surface area contributed by atoms with Gasteiger partial charge in [-0.2, -0.15) is 0 Å². The average Bonchev–Trinajstić information content (AvgIpc) is 2.48. The minimum atomic E-state index is -0.232. The molecule has 1 aromatic carbocycles. The summed E-state index contributed by atoms with van der Waals surface area (Å²) in [5, 5.41) is 0. The molecule has 5 nitrogen and oxygen atoms in total. The van der Waals surface area contributed by atoms with Crippen LogP contribution in [0.15, 0.2) is 24.3 Å². The van der Waals surface area contributed by atoms with Crippen molar-refractivity contribution >= 4 is 5.97 Å². The first-order chi connectivity index (χ1) is 10.6. The number of benzene rings is 1. The molecule has 5 heteroatoms. The van der Waals surface area contributed by atoms with Crippen molar-refractivity contribution in [2.24, 2.45) is 0 Å². The molecule has 1 fully saturated rings. The highest BCUT2D eigenvalue weighted by Gasteiger charge is 2.21. The molecule has 22 heavy (non-hydrogen) atoms. The van der Waals surface area contributed by atoms with E-state index in [9.17, 15) is 4.79 Å². The van der Waals surface area contributed by atoms with E-state index in [2.05, 4.69) is 23.5 Å². The summed E-state index contributed by atoms with van der Waals surface area (Å²) in [5.41, 5.74) is 0.926. The molecular formula is C17H25NO4. The Hall–Kier alpha value is -1.59. The average molecular weight is 307 g/mol. The van der Waals surface area contributed by atoms with Crippen LogP contribution < -0.4 is 4.74 Å². The number of hydrogen-bond donors (Lipinski definition) is 0. The van der Waals surface area contributed by atoms with Gasteiger partial charge in [-0.05, 0) is 31.5 Å². The number of ether oxygens (including phenoxy) is 3. The number of rotatable bonds is 6. The van der Waals surface area contributed by atoms with Gasteiger partial charge in [-0.3, -0.25) is 9.69 Å². The lowest BCUT2D eigenvalue weighted by Crippen LogP contribution is -2.46. The van der Waals surface area contributed by atoms with Crippen molar-refractivity contribution in [3.05, 3.63) is 29.8 Å². The molecule has 0 unspecified atom stereocenters. The summed E-state index contributed by atoms with van der Waals surface area (Å²) in [4.78, 5) is 13.6. The molecular weight excluding hydrogens is 282 g/mol. The molecule has 0 aromatic heterocycles. The van der Waals surface area contributed by atoms with Crippen LogP contribution in [0.2, 0.25) is 0 Å². The van der Waals surface area contributed by atoms with E-state index in [4.69, 9.17) is 9.47 Å². The van der Waals surface area contributed by atoms with Gasteiger partial charge in [0.05, 0.1) is 25.7 Å². The number of esters is 1. The van der Waals surface area contributed by atoms with Crippen LogP contribution in [0.3, 0.4) is 0 Å². The number of nitrogens with zero attached hydrogens (tertiary/aromatic N) is 1. The molecule has 0 amide bonds. The van der Waals surface area contributed by atoms with Crippen molar-refractivity contribution < 1.29 is 19.0 Å². The normalized spacial score (nSPS) is 22.3. The third-order valence-electron chi connectivity index (χ3n) is 3.67. The molecule has 1 aliphatic heterocycles. The molecule has 0 bridgehead atoms. The molecule has 1 saturated heterocycles. The summed E-state index contributed by atoms with van der Waals surface area (Å²) < 4.78 is 16.1. The second kappa shape index (κ2) is 8.15. The third kappa shape index (κ3) is 5.31. The van der Waals surface area contributed by atoms with Crippen molar-refractivity contribution in [2.45, 2.75) is 32.5 Å². The Morgan fingerprint density at radius 2 is 1.86 bits per heavy atom. The Balaban J connectivity index is 1.74. The number of carbonyl (C=O) groups is 1. The zero-order valence-corrected chi connectivity index (χ0v) is 13.6. The molecule has 122 valence electrons. The molecule has 0 radical (unpaired) electrons. The van der Waals surface area contributed by atoms with E-state index in [1.54, 1.807) is 0 Å². The molecule has 2 atom stereocenters. The molecule has 1 aromatic rings. The van der Waals surface area contributed by atoms with Crippen LogP contribution >= 0.6 is 0 Å². The lowest BCUT2D eigenvalue weighted by molar-refractivity contribution is -0.139. The van der Waals surface area contributed by atoms with E-state index in [1.807, 2.05) is 24.3 Å². The van der Waals surface area contributed by atoms with Crippen LogP contribution in [-0.4, -0.2) is 56.4 Å². The van der Waals surface area contributed by atoms with Gasteiger partial charge in [-0.1, -0.05) is 12.1 Å². The topological polar surface area (TPSA) is 48.0 Å². The van der Waals surface area contributed by atoms with Crippen LogP contribution in [0, 0.1) is 0 Å². The van der Waals surface area contributed by atoms with Gasteiger partial charge in [0, 0.05) is 19.6 Å². The largest absolute Gasteiger partial charge is 0.492 e. The SMILES string of the molecule is COC(=O)Cc1ccc(OCCN2C[C@@H](C)O[C@@H](C)C2)cc1. The van der Waals surface area contributed by atoms with Gasteiger partial charge >= 0.3 is 5.97 Å². The van der Waals surface area contributed by atoms with Gasteiger partial charge in [-0.25, -0.2) is 0 Å². The van der Waals surface area contributed by atoms with Crippen LogP contribution in [0.1, 0.15) is 19.4 Å². The fourth-order valence-corrected chi connectivity index (χ4v) is 2.70. The smallest absolute Gasteiger partial charge is 0.309 e. The first-order valence-electron chi connectivity index (χ1n) is 7.73. The number of carbonyl (C=O) groups excluding carboxylic acids is 1. The standard InChI is InChI=1S/C17H25NO4/c1-13-11-18(12-14(2)22-13)8-9-21-16-6-4-15(5-7-16)10-17(19)20-3/h4-7,13-14H,8-12H2,1-3H3/t13-,14+. The van der Waals surface area contributed by atoms with Crippen molar-refractivity contribution in [3.8, 4) is 5.75 Å². The molecule has 0 aliphatic carbocycles. The van der Waals surface area contributed by atoms with E-state index in [0.29, 0.717) is 13.0 Å². The van der Waals surface area contributed by atoms with Crippen LogP contribution in [0.5, 0.6) is 5.75 Å². The summed E-state index contributed by atoms with van der Waals surface area (Å²) in [6.07, 6.45) is 0.850. The van der Waals surface area contributed by atoms with Gasteiger partial charge in [0.25, 0.3) is 0 Å². The monoisotopic (exact) mass is 307 g/mol. The van der Waals surface area contributed by atoms with Gasteiger partial charge in [0.15, 0.2) is 0 Å². The number of morpholine rings is 1. The molecule has 2 rings (SSSR count). The molecule has 1 heterocycles. The van der Waals surface area contributed by atoms with Crippen molar-refractivity contribution in [1.29, 1.82) is 0 Å². The van der Waals surface area contributed by atoms with Crippen LogP contribution in [-0.2, 0) is 20.7 Å². The van der Waals surface area contributed by atoms with E-state index in [-0.39, 0.29) is 18.2 Å². The first kappa shape index (κ1) is 16.8. The van der Waals surface area contributed by atoms with E-state index in [1.165, 1.54) is 7.11 Å². The molecule has 0 saturated carbocycles. The van der Waals surface area contributed by atoms with Gasteiger partial charge in [0.1, 0.15) is 12.4 Å². The number of methoxy groups -OCH3 is 1. The maximum Gasteiger partial charge on any atom is 0.309 e. The van der Waals surface area contributed by atoms with Crippen LogP contribution in [0.4, 0.5) is 0 Å². The maximum atomic E-state index is 11.2. The zero-order chi connectivity index (χ0) is 15.9. The minimum absolute atomic E-state index is 0.232. The van der Waals surface area contributed by atoms with Crippen molar-refractivity contribution in [2.75, 3.05) is 33.4 Å². The quantitative estimate of drug-likeness (QED) is 0.751. The Kier molecular flexibility index (Phi) is 6.21. The Labute approximate surface area is 132 Å². The highest BCUT2D eigenvalue weighted by atomic mass is 16.5. The predicted molar refractivity (Wildman–Crippen MR) is 84.1 cm³/mol. The second-order valence-corrected chi connectivity index (χ2v) is 5.76. The summed E-state index contributed by atoms with van der Waals surface area (Å²) in [6.45, 7) is 7.64. The second-order valence-electron chi connectivity index (χ2n) is 5.76. The Bertz CT molecular complexity index is 464. The fraction of sp³-hybridized carbons (Fsp3) is 0.588.